The van der Waals surface area contributed by atoms with Crippen LogP contribution in [0.3, 0.4) is 0 Å². The lowest BCUT2D eigenvalue weighted by Crippen LogP contribution is -2.27. The number of carbonyl (C=O) groups excluding carboxylic acids is 2. The van der Waals surface area contributed by atoms with E-state index in [4.69, 9.17) is 0 Å². The minimum atomic E-state index is -0.371. The molecule has 3 heterocycles. The number of anilines is 2. The molecule has 1 aliphatic heterocycles. The molecule has 0 unspecified atom stereocenters. The highest BCUT2D eigenvalue weighted by Gasteiger charge is 2.29. The highest BCUT2D eigenvalue weighted by atomic mass is 16.2. The van der Waals surface area contributed by atoms with Gasteiger partial charge in [0.2, 0.25) is 0 Å². The fourth-order valence-corrected chi connectivity index (χ4v) is 3.56. The van der Waals surface area contributed by atoms with Gasteiger partial charge in [-0.3, -0.25) is 9.59 Å². The van der Waals surface area contributed by atoms with E-state index < -0.39 is 0 Å². The van der Waals surface area contributed by atoms with Gasteiger partial charge < -0.3 is 19.8 Å². The summed E-state index contributed by atoms with van der Waals surface area (Å²) >= 11 is 0. The van der Waals surface area contributed by atoms with Crippen molar-refractivity contribution >= 4 is 23.5 Å². The number of amides is 2. The van der Waals surface area contributed by atoms with Gasteiger partial charge >= 0.3 is 0 Å². The first kappa shape index (κ1) is 17.9. The summed E-state index contributed by atoms with van der Waals surface area (Å²) in [7, 11) is 0. The molecule has 0 fully saturated rings. The quantitative estimate of drug-likeness (QED) is 0.553. The molecule has 0 saturated carbocycles. The Bertz CT molecular complexity index is 1130. The van der Waals surface area contributed by atoms with Gasteiger partial charge in [0, 0.05) is 13.1 Å². The van der Waals surface area contributed by atoms with Gasteiger partial charge in [-0.25, -0.2) is 9.97 Å². The van der Waals surface area contributed by atoms with E-state index >= 15 is 0 Å². The second-order valence-electron chi connectivity index (χ2n) is 7.02. The largest absolute Gasteiger partial charge is 0.320 e. The molecule has 2 aromatic heterocycles. The van der Waals surface area contributed by atoms with E-state index in [9.17, 15) is 9.59 Å². The number of nitrogens with one attached hydrogen (secondary N) is 2. The molecule has 2 N–H and O–H groups in total. The Labute approximate surface area is 172 Å². The molecule has 0 atom stereocenters. The van der Waals surface area contributed by atoms with Crippen LogP contribution in [0.4, 0.5) is 11.6 Å². The van der Waals surface area contributed by atoms with E-state index in [-0.39, 0.29) is 34.8 Å². The van der Waals surface area contributed by atoms with E-state index in [0.717, 1.165) is 11.1 Å². The lowest BCUT2D eigenvalue weighted by Gasteiger charge is -2.15. The smallest absolute Gasteiger partial charge is 0.277 e. The van der Waals surface area contributed by atoms with Crippen LogP contribution in [0.25, 0.3) is 0 Å². The van der Waals surface area contributed by atoms with Gasteiger partial charge in [0.15, 0.2) is 23.0 Å². The van der Waals surface area contributed by atoms with Crippen LogP contribution in [-0.2, 0) is 13.1 Å². The van der Waals surface area contributed by atoms with Crippen LogP contribution in [0, 0.1) is 0 Å². The number of benzene rings is 2. The molecule has 0 aliphatic carbocycles. The number of aromatic nitrogens is 4. The molecule has 4 aromatic rings. The number of hydrogen-bond donors (Lipinski definition) is 2. The number of rotatable bonds is 4. The van der Waals surface area contributed by atoms with Crippen molar-refractivity contribution in [3.63, 3.8) is 0 Å². The maximum atomic E-state index is 13.0. The molecule has 8 nitrogen and oxygen atoms in total. The number of nitrogens with zero attached hydrogens (tertiary/aromatic N) is 4. The number of imidazole rings is 2. The molecule has 30 heavy (non-hydrogen) atoms. The molecular weight excluding hydrogens is 380 g/mol. The number of fused-ring (bicyclic) bond motifs is 2. The van der Waals surface area contributed by atoms with Gasteiger partial charge in [-0.15, -0.1) is 0 Å². The Balaban J connectivity index is 1.48. The van der Waals surface area contributed by atoms with Gasteiger partial charge in [-0.1, -0.05) is 60.7 Å². The Kier molecular flexibility index (Phi) is 4.36. The number of hydrogen-bond acceptors (Lipinski definition) is 4. The molecule has 0 radical (unpaired) electrons. The van der Waals surface area contributed by atoms with E-state index in [2.05, 4.69) is 20.6 Å². The first-order valence-corrected chi connectivity index (χ1v) is 9.50. The van der Waals surface area contributed by atoms with Crippen molar-refractivity contribution in [3.05, 3.63) is 95.8 Å². The van der Waals surface area contributed by atoms with Crippen LogP contribution in [0.2, 0.25) is 0 Å². The van der Waals surface area contributed by atoms with Crippen LogP contribution in [0.15, 0.2) is 73.3 Å². The average molecular weight is 398 g/mol. The van der Waals surface area contributed by atoms with Crippen molar-refractivity contribution in [2.24, 2.45) is 0 Å². The summed E-state index contributed by atoms with van der Waals surface area (Å²) in [6.07, 6.45) is 3.11. The van der Waals surface area contributed by atoms with Gasteiger partial charge in [-0.2, -0.15) is 0 Å². The Hall–Kier alpha value is -4.20. The molecule has 1 aliphatic rings. The zero-order valence-corrected chi connectivity index (χ0v) is 15.9. The summed E-state index contributed by atoms with van der Waals surface area (Å²) in [6.45, 7) is 0.920. The fraction of sp³-hybridized carbons (Fsp3) is 0.0909. The van der Waals surface area contributed by atoms with Crippen molar-refractivity contribution in [1.82, 2.24) is 19.1 Å². The van der Waals surface area contributed by atoms with Crippen molar-refractivity contribution in [2.45, 2.75) is 13.1 Å². The van der Waals surface area contributed by atoms with Crippen molar-refractivity contribution in [3.8, 4) is 0 Å². The van der Waals surface area contributed by atoms with E-state index in [1.165, 1.54) is 0 Å². The molecule has 0 saturated heterocycles. The van der Waals surface area contributed by atoms with Crippen LogP contribution < -0.4 is 10.6 Å². The summed E-state index contributed by atoms with van der Waals surface area (Å²) in [5, 5.41) is 5.55. The molecule has 2 amide bonds. The average Bonchev–Trinajstić information content (AvgIpc) is 3.32. The fourth-order valence-electron chi connectivity index (χ4n) is 3.56. The normalized spacial score (nSPS) is 12.9. The maximum absolute atomic E-state index is 13.0. The monoisotopic (exact) mass is 398 g/mol. The Morgan fingerprint density at radius 1 is 0.633 bits per heavy atom. The van der Waals surface area contributed by atoms with Crippen LogP contribution in [0.5, 0.6) is 0 Å². The molecule has 0 bridgehead atoms. The minimum Gasteiger partial charge on any atom is -0.320 e. The maximum Gasteiger partial charge on any atom is 0.277 e. The second-order valence-corrected chi connectivity index (χ2v) is 7.02. The first-order chi connectivity index (χ1) is 14.7. The summed E-state index contributed by atoms with van der Waals surface area (Å²) in [5.41, 5.74) is 2.62. The first-order valence-electron chi connectivity index (χ1n) is 9.50. The molecular formula is C22H18N6O2. The Morgan fingerprint density at radius 2 is 1.03 bits per heavy atom. The lowest BCUT2D eigenvalue weighted by atomic mass is 10.2. The van der Waals surface area contributed by atoms with Crippen LogP contribution in [0.1, 0.15) is 32.1 Å². The molecule has 2 aromatic carbocycles. The summed E-state index contributed by atoms with van der Waals surface area (Å²) in [5.74, 6) is -0.285. The highest BCUT2D eigenvalue weighted by molar-refractivity contribution is 6.16. The third kappa shape index (κ3) is 3.24. The summed E-state index contributed by atoms with van der Waals surface area (Å²) in [6, 6.07) is 19.5. The summed E-state index contributed by atoms with van der Waals surface area (Å²) in [4.78, 5) is 34.5. The van der Waals surface area contributed by atoms with E-state index in [1.54, 1.807) is 21.8 Å². The topological polar surface area (TPSA) is 93.8 Å². The van der Waals surface area contributed by atoms with Gasteiger partial charge in [0.05, 0.1) is 12.7 Å². The second kappa shape index (κ2) is 7.32. The molecule has 148 valence electrons. The van der Waals surface area contributed by atoms with Gasteiger partial charge in [-0.05, 0) is 11.1 Å². The van der Waals surface area contributed by atoms with E-state index in [1.807, 2.05) is 60.7 Å². The van der Waals surface area contributed by atoms with Crippen molar-refractivity contribution in [1.29, 1.82) is 0 Å². The van der Waals surface area contributed by atoms with Gasteiger partial charge in [0.25, 0.3) is 11.8 Å². The number of carbonyl (C=O) groups is 2. The minimum absolute atomic E-state index is 0.228. The SMILES string of the molecule is O=C1Nc2ncn(Cc3ccccc3)c2C(=O)Nc2ncn(Cc3ccccc3)c21. The van der Waals surface area contributed by atoms with Gasteiger partial charge in [0.1, 0.15) is 0 Å². The van der Waals surface area contributed by atoms with Crippen LogP contribution >= 0.6 is 0 Å². The molecule has 0 spiro atoms. The third-order valence-corrected chi connectivity index (χ3v) is 4.96. The van der Waals surface area contributed by atoms with Crippen molar-refractivity contribution in [2.75, 3.05) is 10.6 Å². The van der Waals surface area contributed by atoms with E-state index in [0.29, 0.717) is 13.1 Å². The molecule has 8 heteroatoms. The highest BCUT2D eigenvalue weighted by Crippen LogP contribution is 2.24. The van der Waals surface area contributed by atoms with Crippen LogP contribution in [-0.4, -0.2) is 30.9 Å². The predicted octanol–water partition coefficient (Wildman–Crippen LogP) is 2.99. The lowest BCUT2D eigenvalue weighted by molar-refractivity contribution is 0.101. The molecule has 5 rings (SSSR count). The zero-order valence-electron chi connectivity index (χ0n) is 15.9. The Morgan fingerprint density at radius 3 is 1.43 bits per heavy atom. The summed E-state index contributed by atoms with van der Waals surface area (Å²) < 4.78 is 3.43. The van der Waals surface area contributed by atoms with Crippen molar-refractivity contribution < 1.29 is 9.59 Å². The third-order valence-electron chi connectivity index (χ3n) is 4.96. The zero-order chi connectivity index (χ0) is 20.5. The standard InChI is InChI=1S/C22H18N6O2/c29-21-17-19(23-13-27(17)11-15-7-3-1-4-8-15)25-22(30)18-20(26-21)24-14-28(18)12-16-9-5-2-6-10-16/h1-10,13-14H,11-12H2,(H,25,30)(H,26,29). The predicted molar refractivity (Wildman–Crippen MR) is 111 cm³/mol.